The Hall–Kier alpha value is -1.36. The number of nitrogens with zero attached hydrogens (tertiary/aromatic N) is 2. The Morgan fingerprint density at radius 3 is 3.00 bits per heavy atom. The quantitative estimate of drug-likeness (QED) is 0.372. The molecule has 1 aromatic rings. The van der Waals surface area contributed by atoms with Crippen LogP contribution in [0, 0.1) is 6.92 Å². The molecule has 4 nitrogen and oxygen atoms in total. The van der Waals surface area contributed by atoms with E-state index in [9.17, 15) is 0 Å². The Morgan fingerprint density at radius 1 is 1.56 bits per heavy atom. The first-order valence-corrected chi connectivity index (χ1v) is 7.12. The van der Waals surface area contributed by atoms with E-state index in [2.05, 4.69) is 30.0 Å². The van der Waals surface area contributed by atoms with Gasteiger partial charge in [0.25, 0.3) is 0 Å². The summed E-state index contributed by atoms with van der Waals surface area (Å²) in [6.45, 7) is 6.31. The van der Waals surface area contributed by atoms with Gasteiger partial charge in [0.1, 0.15) is 0 Å². The summed E-state index contributed by atoms with van der Waals surface area (Å²) in [4.78, 5) is 2.34. The fourth-order valence-corrected chi connectivity index (χ4v) is 3.37. The van der Waals surface area contributed by atoms with Gasteiger partial charge in [0.15, 0.2) is 5.84 Å². The first-order chi connectivity index (χ1) is 8.63. The number of nitrogens with two attached hydrogens (primary N) is 1. The molecule has 1 aliphatic rings. The molecule has 0 spiro atoms. The van der Waals surface area contributed by atoms with E-state index in [-0.39, 0.29) is 5.84 Å². The van der Waals surface area contributed by atoms with Gasteiger partial charge in [0.2, 0.25) is 0 Å². The molecular formula is C13H19N3OS. The molecule has 0 radical (unpaired) electrons. The zero-order chi connectivity index (χ0) is 13.1. The maximum Gasteiger partial charge on any atom is 0.172 e. The van der Waals surface area contributed by atoms with Crippen LogP contribution in [0.2, 0.25) is 0 Å². The number of aryl methyl sites for hydroxylation is 1. The van der Waals surface area contributed by atoms with Crippen LogP contribution < -0.4 is 10.6 Å². The monoisotopic (exact) mass is 265 g/mol. The van der Waals surface area contributed by atoms with Gasteiger partial charge in [-0.15, -0.1) is 0 Å². The number of oxime groups is 1. The fourth-order valence-electron chi connectivity index (χ4n) is 2.36. The van der Waals surface area contributed by atoms with Crippen molar-refractivity contribution in [2.45, 2.75) is 19.1 Å². The van der Waals surface area contributed by atoms with Crippen LogP contribution in [0.3, 0.4) is 0 Å². The van der Waals surface area contributed by atoms with E-state index in [1.807, 2.05) is 23.9 Å². The van der Waals surface area contributed by atoms with Crippen LogP contribution in [-0.4, -0.2) is 35.1 Å². The molecule has 3 N–H and O–H groups in total. The van der Waals surface area contributed by atoms with Gasteiger partial charge in [0.05, 0.1) is 5.69 Å². The minimum absolute atomic E-state index is 0.180. The van der Waals surface area contributed by atoms with Crippen molar-refractivity contribution in [1.29, 1.82) is 0 Å². The van der Waals surface area contributed by atoms with Crippen molar-refractivity contribution in [1.82, 2.24) is 0 Å². The average molecular weight is 265 g/mol. The second-order valence-electron chi connectivity index (χ2n) is 4.58. The van der Waals surface area contributed by atoms with Crippen LogP contribution in [0.5, 0.6) is 0 Å². The maximum absolute atomic E-state index is 8.89. The van der Waals surface area contributed by atoms with Crippen molar-refractivity contribution >= 4 is 23.3 Å². The summed E-state index contributed by atoms with van der Waals surface area (Å²) in [5.41, 5.74) is 8.85. The molecule has 1 aliphatic heterocycles. The molecule has 0 aliphatic carbocycles. The van der Waals surface area contributed by atoms with E-state index < -0.39 is 0 Å². The molecule has 18 heavy (non-hydrogen) atoms. The third kappa shape index (κ3) is 2.56. The summed E-state index contributed by atoms with van der Waals surface area (Å²) in [7, 11) is 0. The van der Waals surface area contributed by atoms with Crippen LogP contribution in [0.25, 0.3) is 0 Å². The smallest absolute Gasteiger partial charge is 0.172 e. The molecule has 1 atom stereocenters. The van der Waals surface area contributed by atoms with Gasteiger partial charge < -0.3 is 15.8 Å². The van der Waals surface area contributed by atoms with Gasteiger partial charge in [-0.05, 0) is 18.6 Å². The lowest BCUT2D eigenvalue weighted by molar-refractivity contribution is 0.318. The summed E-state index contributed by atoms with van der Waals surface area (Å²) < 4.78 is 0. The molecule has 2 rings (SSSR count). The zero-order valence-corrected chi connectivity index (χ0v) is 11.6. The van der Waals surface area contributed by atoms with Crippen molar-refractivity contribution in [2.75, 3.05) is 23.7 Å². The molecule has 1 aromatic carbocycles. The number of hydrogen-bond acceptors (Lipinski definition) is 4. The summed E-state index contributed by atoms with van der Waals surface area (Å²) in [6.07, 6.45) is 0. The number of thioether (sulfide) groups is 1. The number of anilines is 1. The van der Waals surface area contributed by atoms with E-state index in [4.69, 9.17) is 10.9 Å². The number of hydrogen-bond donors (Lipinski definition) is 2. The number of benzene rings is 1. The number of rotatable bonds is 2. The number of amidine groups is 1. The van der Waals surface area contributed by atoms with Crippen molar-refractivity contribution in [3.05, 3.63) is 29.3 Å². The highest BCUT2D eigenvalue weighted by atomic mass is 32.2. The maximum atomic E-state index is 8.89. The van der Waals surface area contributed by atoms with E-state index in [0.29, 0.717) is 5.25 Å². The largest absolute Gasteiger partial charge is 0.409 e. The molecule has 0 bridgehead atoms. The normalized spacial score (nSPS) is 21.1. The Morgan fingerprint density at radius 2 is 2.33 bits per heavy atom. The van der Waals surface area contributed by atoms with Crippen LogP contribution in [0.1, 0.15) is 18.1 Å². The fraction of sp³-hybridized carbons (Fsp3) is 0.462. The molecule has 1 fully saturated rings. The second kappa shape index (κ2) is 5.52. The van der Waals surface area contributed by atoms with Gasteiger partial charge in [0, 0.05) is 29.7 Å². The minimum Gasteiger partial charge on any atom is -0.409 e. The summed E-state index contributed by atoms with van der Waals surface area (Å²) in [5, 5.41) is 12.6. The first-order valence-electron chi connectivity index (χ1n) is 6.07. The van der Waals surface area contributed by atoms with Crippen molar-refractivity contribution in [3.8, 4) is 0 Å². The first kappa shape index (κ1) is 13.1. The number of para-hydroxylation sites is 1. The van der Waals surface area contributed by atoms with Crippen LogP contribution >= 0.6 is 11.8 Å². The molecule has 0 amide bonds. The molecule has 1 heterocycles. The lowest BCUT2D eigenvalue weighted by Gasteiger charge is -2.34. The van der Waals surface area contributed by atoms with Crippen molar-refractivity contribution in [2.24, 2.45) is 10.9 Å². The van der Waals surface area contributed by atoms with Gasteiger partial charge in [-0.2, -0.15) is 11.8 Å². The predicted molar refractivity (Wildman–Crippen MR) is 77.8 cm³/mol. The summed E-state index contributed by atoms with van der Waals surface area (Å²) in [6, 6.07) is 5.91. The van der Waals surface area contributed by atoms with Crippen LogP contribution in [0.15, 0.2) is 23.4 Å². The van der Waals surface area contributed by atoms with Crippen molar-refractivity contribution in [3.63, 3.8) is 0 Å². The third-order valence-corrected chi connectivity index (χ3v) is 4.32. The molecule has 1 unspecified atom stereocenters. The molecule has 98 valence electrons. The van der Waals surface area contributed by atoms with Crippen LogP contribution in [0.4, 0.5) is 5.69 Å². The topological polar surface area (TPSA) is 61.9 Å². The van der Waals surface area contributed by atoms with Gasteiger partial charge in [-0.1, -0.05) is 24.2 Å². The van der Waals surface area contributed by atoms with E-state index in [1.165, 1.54) is 5.56 Å². The van der Waals surface area contributed by atoms with Crippen molar-refractivity contribution < 1.29 is 5.21 Å². The minimum atomic E-state index is 0.180. The predicted octanol–water partition coefficient (Wildman–Crippen LogP) is 2.03. The average Bonchev–Trinajstić information content (AvgIpc) is 2.37. The highest BCUT2D eigenvalue weighted by Crippen LogP contribution is 2.29. The molecule has 0 saturated carbocycles. The van der Waals surface area contributed by atoms with Gasteiger partial charge >= 0.3 is 0 Å². The van der Waals surface area contributed by atoms with Gasteiger partial charge in [-0.25, -0.2) is 0 Å². The highest BCUT2D eigenvalue weighted by Gasteiger charge is 2.21. The second-order valence-corrected chi connectivity index (χ2v) is 6.13. The summed E-state index contributed by atoms with van der Waals surface area (Å²) in [5.74, 6) is 1.30. The van der Waals surface area contributed by atoms with E-state index >= 15 is 0 Å². The van der Waals surface area contributed by atoms with Crippen LogP contribution in [-0.2, 0) is 0 Å². The lowest BCUT2D eigenvalue weighted by atomic mass is 10.1. The Labute approximate surface area is 112 Å². The Kier molecular flexibility index (Phi) is 4.01. The van der Waals surface area contributed by atoms with E-state index in [0.717, 1.165) is 30.1 Å². The molecule has 0 aromatic heterocycles. The van der Waals surface area contributed by atoms with E-state index in [1.54, 1.807) is 0 Å². The summed E-state index contributed by atoms with van der Waals surface area (Å²) >= 11 is 1.99. The van der Waals surface area contributed by atoms with Gasteiger partial charge in [-0.3, -0.25) is 0 Å². The highest BCUT2D eigenvalue weighted by molar-refractivity contribution is 8.00. The third-order valence-electron chi connectivity index (χ3n) is 3.18. The lowest BCUT2D eigenvalue weighted by Crippen LogP contribution is -2.38. The SMILES string of the molecule is Cc1cccc(/C(N)=N/O)c1N1CCSC(C)C1. The molecule has 1 saturated heterocycles. The molecule has 5 heteroatoms. The Bertz CT molecular complexity index is 462. The zero-order valence-electron chi connectivity index (χ0n) is 10.8. The standard InChI is InChI=1S/C13H19N3OS/c1-9-4-3-5-11(13(14)15-17)12(9)16-6-7-18-10(2)8-16/h3-5,10,17H,6-8H2,1-2H3,(H2,14,15). The molecular weight excluding hydrogens is 246 g/mol. The Balaban J connectivity index is 2.42.